The van der Waals surface area contributed by atoms with Gasteiger partial charge in [-0.05, 0) is 18.9 Å². The quantitative estimate of drug-likeness (QED) is 0.816. The number of hydrogen-bond donors (Lipinski definition) is 0. The second kappa shape index (κ2) is 6.96. The number of nitrogens with zero attached hydrogens (tertiary/aromatic N) is 4. The van der Waals surface area contributed by atoms with Crippen molar-refractivity contribution in [2.75, 3.05) is 20.3 Å². The molecule has 0 aromatic carbocycles. The maximum absolute atomic E-state index is 12.9. The Morgan fingerprint density at radius 1 is 1.46 bits per heavy atom. The van der Waals surface area contributed by atoms with Gasteiger partial charge < -0.3 is 18.7 Å². The van der Waals surface area contributed by atoms with Crippen molar-refractivity contribution in [3.05, 3.63) is 46.0 Å². The summed E-state index contributed by atoms with van der Waals surface area (Å²) < 4.78 is 11.5. The van der Waals surface area contributed by atoms with Crippen LogP contribution in [0.2, 0.25) is 0 Å². The molecule has 0 spiro atoms. The van der Waals surface area contributed by atoms with Gasteiger partial charge in [0, 0.05) is 39.4 Å². The Bertz CT molecular complexity index is 782. The van der Waals surface area contributed by atoms with Gasteiger partial charge in [0.15, 0.2) is 5.82 Å². The number of methoxy groups -OCH3 is 1. The van der Waals surface area contributed by atoms with Crippen LogP contribution in [0.15, 0.2) is 27.6 Å². The van der Waals surface area contributed by atoms with E-state index >= 15 is 0 Å². The lowest BCUT2D eigenvalue weighted by atomic mass is 10.2. The Morgan fingerprint density at radius 3 is 3.00 bits per heavy atom. The summed E-state index contributed by atoms with van der Waals surface area (Å²) in [5.41, 5.74) is 0.313. The predicted octanol–water partition coefficient (Wildman–Crippen LogP) is 1.16. The third-order valence-corrected chi connectivity index (χ3v) is 4.12. The first-order valence-electron chi connectivity index (χ1n) is 7.91. The lowest BCUT2D eigenvalue weighted by Crippen LogP contribution is -2.32. The maximum atomic E-state index is 12.9. The lowest BCUT2D eigenvalue weighted by molar-refractivity contribution is 0.0727. The maximum Gasteiger partial charge on any atom is 0.255 e. The molecule has 3 heterocycles. The zero-order valence-corrected chi connectivity index (χ0v) is 13.8. The molecule has 8 nitrogen and oxygen atoms in total. The largest absolute Gasteiger partial charge is 0.383 e. The van der Waals surface area contributed by atoms with E-state index in [0.29, 0.717) is 37.0 Å². The van der Waals surface area contributed by atoms with Crippen molar-refractivity contribution in [3.8, 4) is 0 Å². The van der Waals surface area contributed by atoms with Crippen molar-refractivity contribution in [2.24, 2.45) is 0 Å². The summed E-state index contributed by atoms with van der Waals surface area (Å²) in [6, 6.07) is 2.78. The van der Waals surface area contributed by atoms with Crippen LogP contribution in [0, 0.1) is 6.92 Å². The van der Waals surface area contributed by atoms with Crippen molar-refractivity contribution in [3.63, 3.8) is 0 Å². The van der Waals surface area contributed by atoms with Crippen LogP contribution in [0.25, 0.3) is 0 Å². The van der Waals surface area contributed by atoms with E-state index in [0.717, 1.165) is 12.8 Å². The van der Waals surface area contributed by atoms with Gasteiger partial charge in [-0.1, -0.05) is 5.16 Å². The molecular weight excluding hydrogens is 312 g/mol. The molecule has 0 saturated carbocycles. The summed E-state index contributed by atoms with van der Waals surface area (Å²) in [6.07, 6.45) is 3.27. The summed E-state index contributed by atoms with van der Waals surface area (Å²) in [6.45, 7) is 3.17. The second-order valence-corrected chi connectivity index (χ2v) is 5.77. The molecule has 0 radical (unpaired) electrons. The average molecular weight is 332 g/mol. The predicted molar refractivity (Wildman–Crippen MR) is 84.6 cm³/mol. The average Bonchev–Trinajstić information content (AvgIpc) is 3.22. The topological polar surface area (TPSA) is 90.5 Å². The summed E-state index contributed by atoms with van der Waals surface area (Å²) in [5.74, 6) is 0.884. The molecule has 1 amide bonds. The highest BCUT2D eigenvalue weighted by molar-refractivity contribution is 5.94. The summed E-state index contributed by atoms with van der Waals surface area (Å²) in [4.78, 5) is 30.7. The zero-order valence-electron chi connectivity index (χ0n) is 13.8. The number of carbonyl (C=O) groups is 1. The Kier molecular flexibility index (Phi) is 4.75. The van der Waals surface area contributed by atoms with Gasteiger partial charge in [-0.15, -0.1) is 0 Å². The molecule has 2 aromatic rings. The Morgan fingerprint density at radius 2 is 2.29 bits per heavy atom. The second-order valence-electron chi connectivity index (χ2n) is 5.77. The third kappa shape index (κ3) is 3.23. The van der Waals surface area contributed by atoms with Gasteiger partial charge in [-0.2, -0.15) is 4.98 Å². The fourth-order valence-electron chi connectivity index (χ4n) is 2.92. The van der Waals surface area contributed by atoms with Gasteiger partial charge in [0.1, 0.15) is 0 Å². The number of hydrogen-bond acceptors (Lipinski definition) is 6. The molecule has 24 heavy (non-hydrogen) atoms. The molecule has 0 N–H and O–H groups in total. The molecule has 3 rings (SSSR count). The zero-order chi connectivity index (χ0) is 17.1. The Hall–Kier alpha value is -2.48. The molecule has 0 bridgehead atoms. The fourth-order valence-corrected chi connectivity index (χ4v) is 2.92. The van der Waals surface area contributed by atoms with Gasteiger partial charge in [-0.25, -0.2) is 0 Å². The Balaban J connectivity index is 1.84. The normalized spacial score (nSPS) is 17.4. The SMILES string of the molecule is COCCn1cc(C(=O)N2CCCC2c2noc(C)n2)ccc1=O. The van der Waals surface area contributed by atoms with Gasteiger partial charge in [0.05, 0.1) is 18.2 Å². The number of pyridine rings is 1. The van der Waals surface area contributed by atoms with Crippen LogP contribution in [0.1, 0.15) is 41.0 Å². The van der Waals surface area contributed by atoms with E-state index in [1.807, 2.05) is 0 Å². The van der Waals surface area contributed by atoms with Crippen LogP contribution in [0.5, 0.6) is 0 Å². The smallest absolute Gasteiger partial charge is 0.255 e. The highest BCUT2D eigenvalue weighted by Crippen LogP contribution is 2.31. The fraction of sp³-hybridized carbons (Fsp3) is 0.500. The third-order valence-electron chi connectivity index (χ3n) is 4.12. The number of aromatic nitrogens is 3. The molecule has 1 aliphatic rings. The molecular formula is C16H20N4O4. The molecule has 1 atom stereocenters. The lowest BCUT2D eigenvalue weighted by Gasteiger charge is -2.22. The first kappa shape index (κ1) is 16.4. The van der Waals surface area contributed by atoms with Crippen molar-refractivity contribution in [1.82, 2.24) is 19.6 Å². The number of likely N-dealkylation sites (tertiary alicyclic amines) is 1. The van der Waals surface area contributed by atoms with Crippen LogP contribution in [0.3, 0.4) is 0 Å². The monoisotopic (exact) mass is 332 g/mol. The van der Waals surface area contributed by atoms with Gasteiger partial charge in [0.25, 0.3) is 11.5 Å². The van der Waals surface area contributed by atoms with E-state index in [-0.39, 0.29) is 17.5 Å². The van der Waals surface area contributed by atoms with Crippen LogP contribution in [0.4, 0.5) is 0 Å². The van der Waals surface area contributed by atoms with E-state index in [1.165, 1.54) is 10.6 Å². The minimum Gasteiger partial charge on any atom is -0.383 e. The summed E-state index contributed by atoms with van der Waals surface area (Å²) >= 11 is 0. The Labute approximate surface area is 139 Å². The minimum absolute atomic E-state index is 0.133. The van der Waals surface area contributed by atoms with Crippen molar-refractivity contribution in [1.29, 1.82) is 0 Å². The molecule has 8 heteroatoms. The van der Waals surface area contributed by atoms with E-state index in [1.54, 1.807) is 31.2 Å². The minimum atomic E-state index is -0.186. The summed E-state index contributed by atoms with van der Waals surface area (Å²) in [7, 11) is 1.57. The van der Waals surface area contributed by atoms with Gasteiger partial charge >= 0.3 is 0 Å². The molecule has 1 unspecified atom stereocenters. The van der Waals surface area contributed by atoms with Crippen molar-refractivity contribution < 1.29 is 14.1 Å². The van der Waals surface area contributed by atoms with E-state index in [2.05, 4.69) is 10.1 Å². The van der Waals surface area contributed by atoms with Crippen molar-refractivity contribution >= 4 is 5.91 Å². The van der Waals surface area contributed by atoms with E-state index in [9.17, 15) is 9.59 Å². The van der Waals surface area contributed by atoms with Crippen LogP contribution < -0.4 is 5.56 Å². The van der Waals surface area contributed by atoms with Crippen LogP contribution in [-0.2, 0) is 11.3 Å². The molecule has 128 valence electrons. The number of ether oxygens (including phenoxy) is 1. The van der Waals surface area contributed by atoms with Gasteiger partial charge in [-0.3, -0.25) is 9.59 Å². The van der Waals surface area contributed by atoms with E-state index in [4.69, 9.17) is 9.26 Å². The standard InChI is InChI=1S/C16H20N4O4/c1-11-17-15(18-24-11)13-4-3-7-20(13)16(22)12-5-6-14(21)19(10-12)8-9-23-2/h5-6,10,13H,3-4,7-9H2,1-2H3. The number of rotatable bonds is 5. The van der Waals surface area contributed by atoms with Gasteiger partial charge in [0.2, 0.25) is 5.89 Å². The highest BCUT2D eigenvalue weighted by atomic mass is 16.5. The number of carbonyl (C=O) groups excluding carboxylic acids is 1. The molecule has 1 aliphatic heterocycles. The molecule has 1 saturated heterocycles. The summed E-state index contributed by atoms with van der Waals surface area (Å²) in [5, 5.41) is 3.94. The first-order chi connectivity index (χ1) is 11.6. The highest BCUT2D eigenvalue weighted by Gasteiger charge is 2.33. The van der Waals surface area contributed by atoms with Crippen LogP contribution >= 0.6 is 0 Å². The molecule has 1 fully saturated rings. The van der Waals surface area contributed by atoms with Crippen LogP contribution in [-0.4, -0.2) is 45.8 Å². The number of amides is 1. The first-order valence-corrected chi connectivity index (χ1v) is 7.91. The van der Waals surface area contributed by atoms with E-state index < -0.39 is 0 Å². The number of aryl methyl sites for hydroxylation is 1. The van der Waals surface area contributed by atoms with Crippen molar-refractivity contribution in [2.45, 2.75) is 32.4 Å². The molecule has 0 aliphatic carbocycles. The molecule has 2 aromatic heterocycles.